The third kappa shape index (κ3) is 7.68. The normalized spacial score (nSPS) is 27.8. The highest BCUT2D eigenvalue weighted by atomic mass is 16.1. The molecule has 0 aromatic heterocycles. The molecule has 0 spiro atoms. The second-order valence-corrected chi connectivity index (χ2v) is 8.87. The number of hydrogen-bond donors (Lipinski definition) is 0. The lowest BCUT2D eigenvalue weighted by molar-refractivity contribution is -0.110. The molecule has 26 heavy (non-hydrogen) atoms. The van der Waals surface area contributed by atoms with Gasteiger partial charge in [-0.2, -0.15) is 0 Å². The summed E-state index contributed by atoms with van der Waals surface area (Å²) in [7, 11) is 0. The monoisotopic (exact) mass is 366 g/mol. The fourth-order valence-corrected chi connectivity index (χ4v) is 4.39. The number of rotatable bonds is 4. The van der Waals surface area contributed by atoms with Gasteiger partial charge in [0.05, 0.1) is 0 Å². The first-order valence-corrected chi connectivity index (χ1v) is 11.4. The van der Waals surface area contributed by atoms with Gasteiger partial charge in [0.25, 0.3) is 0 Å². The van der Waals surface area contributed by atoms with Crippen molar-refractivity contribution in [2.24, 2.45) is 17.8 Å². The summed E-state index contributed by atoms with van der Waals surface area (Å²) in [5.41, 5.74) is 0. The van der Waals surface area contributed by atoms with Crippen molar-refractivity contribution in [2.45, 2.75) is 98.6 Å². The lowest BCUT2D eigenvalue weighted by Gasteiger charge is -2.49. The molecule has 1 heterocycles. The number of carbonyl (C=O) groups excluding carboxylic acids is 1. The third-order valence-electron chi connectivity index (χ3n) is 6.32. The number of aldehydes is 1. The van der Waals surface area contributed by atoms with Crippen LogP contribution in [0.3, 0.4) is 0 Å². The summed E-state index contributed by atoms with van der Waals surface area (Å²) in [6, 6.07) is 1.86. The predicted molar refractivity (Wildman–Crippen MR) is 114 cm³/mol. The Kier molecular flexibility index (Phi) is 11.7. The van der Waals surface area contributed by atoms with Gasteiger partial charge >= 0.3 is 0 Å². The van der Waals surface area contributed by atoms with E-state index >= 15 is 0 Å². The summed E-state index contributed by atoms with van der Waals surface area (Å²) in [6.45, 7) is 17.8. The first-order valence-electron chi connectivity index (χ1n) is 11.4. The minimum Gasteiger partial charge on any atom is -0.303 e. The topological polar surface area (TPSA) is 23.6 Å². The number of carbonyl (C=O) groups is 1. The zero-order chi connectivity index (χ0) is 19.5. The fraction of sp³-hybridized carbons (Fsp3) is 0.957. The summed E-state index contributed by atoms with van der Waals surface area (Å²) in [6.07, 6.45) is 11.2. The number of nitrogens with zero attached hydrogens (tertiary/aromatic N) is 2. The fourth-order valence-electron chi connectivity index (χ4n) is 4.39. The first-order chi connectivity index (χ1) is 12.5. The van der Waals surface area contributed by atoms with Crippen LogP contribution in [-0.4, -0.2) is 54.3 Å². The van der Waals surface area contributed by atoms with E-state index in [0.29, 0.717) is 0 Å². The van der Waals surface area contributed by atoms with Crippen LogP contribution in [0, 0.1) is 17.8 Å². The molecule has 0 aromatic carbocycles. The van der Waals surface area contributed by atoms with Crippen LogP contribution in [0.1, 0.15) is 86.5 Å². The molecular formula is C23H46N2O. The molecule has 3 heteroatoms. The Labute approximate surface area is 163 Å². The van der Waals surface area contributed by atoms with Crippen molar-refractivity contribution in [1.82, 2.24) is 9.80 Å². The molecule has 0 unspecified atom stereocenters. The Morgan fingerprint density at radius 1 is 0.769 bits per heavy atom. The van der Waals surface area contributed by atoms with Gasteiger partial charge in [-0.25, -0.2) is 0 Å². The van der Waals surface area contributed by atoms with Gasteiger partial charge in [-0.3, -0.25) is 9.80 Å². The van der Waals surface area contributed by atoms with Gasteiger partial charge in [-0.05, 0) is 37.5 Å². The second-order valence-electron chi connectivity index (χ2n) is 8.87. The molecule has 0 atom stereocenters. The van der Waals surface area contributed by atoms with Crippen LogP contribution in [0.15, 0.2) is 0 Å². The van der Waals surface area contributed by atoms with Gasteiger partial charge < -0.3 is 4.79 Å². The number of hydrogen-bond acceptors (Lipinski definition) is 3. The second kappa shape index (κ2) is 12.9. The average molecular weight is 367 g/mol. The highest BCUT2D eigenvalue weighted by molar-refractivity contribution is 5.51. The minimum atomic E-state index is 0.204. The molecule has 2 saturated carbocycles. The van der Waals surface area contributed by atoms with Gasteiger partial charge in [-0.1, -0.05) is 60.8 Å². The van der Waals surface area contributed by atoms with Gasteiger partial charge in [0, 0.05) is 44.2 Å². The van der Waals surface area contributed by atoms with E-state index < -0.39 is 0 Å². The van der Waals surface area contributed by atoms with Gasteiger partial charge in [-0.15, -0.1) is 0 Å². The summed E-state index contributed by atoms with van der Waals surface area (Å²) in [5.74, 6) is 2.12. The molecule has 0 radical (unpaired) electrons. The van der Waals surface area contributed by atoms with Crippen molar-refractivity contribution in [2.75, 3.05) is 26.2 Å². The Hall–Kier alpha value is -0.410. The zero-order valence-electron chi connectivity index (χ0n) is 18.5. The maximum Gasteiger partial charge on any atom is 0.122 e. The molecule has 0 amide bonds. The van der Waals surface area contributed by atoms with Crippen LogP contribution in [0.4, 0.5) is 0 Å². The molecule has 154 valence electrons. The van der Waals surface area contributed by atoms with Crippen LogP contribution < -0.4 is 0 Å². The summed E-state index contributed by atoms with van der Waals surface area (Å²) < 4.78 is 0. The lowest BCUT2D eigenvalue weighted by Crippen LogP contribution is -2.56. The van der Waals surface area contributed by atoms with Gasteiger partial charge in [0.2, 0.25) is 0 Å². The van der Waals surface area contributed by atoms with E-state index in [0.717, 1.165) is 30.2 Å². The van der Waals surface area contributed by atoms with Crippen LogP contribution in [0.5, 0.6) is 0 Å². The van der Waals surface area contributed by atoms with Crippen LogP contribution in [0.25, 0.3) is 0 Å². The SMILES string of the molecule is CC.CC(C)C1CC(N2CCN(C3CCCCC3)CC2)C1.CC(C)C=O. The minimum absolute atomic E-state index is 0.204. The number of piperazine rings is 1. The molecule has 1 saturated heterocycles. The Morgan fingerprint density at radius 2 is 1.19 bits per heavy atom. The summed E-state index contributed by atoms with van der Waals surface area (Å²) in [5, 5.41) is 0. The quantitative estimate of drug-likeness (QED) is 0.636. The van der Waals surface area contributed by atoms with E-state index in [-0.39, 0.29) is 5.92 Å². The van der Waals surface area contributed by atoms with Gasteiger partial charge in [0.15, 0.2) is 0 Å². The maximum atomic E-state index is 9.50. The van der Waals surface area contributed by atoms with Crippen molar-refractivity contribution >= 4 is 6.29 Å². The van der Waals surface area contributed by atoms with E-state index in [4.69, 9.17) is 0 Å². The van der Waals surface area contributed by atoms with Crippen LogP contribution in [0.2, 0.25) is 0 Å². The Balaban J connectivity index is 0.000000420. The molecular weight excluding hydrogens is 320 g/mol. The first kappa shape index (κ1) is 23.6. The molecule has 3 rings (SSSR count). The van der Waals surface area contributed by atoms with E-state index in [2.05, 4.69) is 23.6 Å². The van der Waals surface area contributed by atoms with Crippen molar-refractivity contribution in [1.29, 1.82) is 0 Å². The molecule has 0 N–H and O–H groups in total. The standard InChI is InChI=1S/C17H32N2.C4H8O.C2H6/c1-14(2)15-12-17(13-15)19-10-8-18(9-11-19)16-6-4-3-5-7-16;1-4(2)3-5;1-2/h14-17H,3-13H2,1-2H3;3-4H,1-2H3;1-2H3. The van der Waals surface area contributed by atoms with E-state index in [1.807, 2.05) is 27.7 Å². The third-order valence-corrected chi connectivity index (χ3v) is 6.32. The molecule has 1 aliphatic heterocycles. The van der Waals surface area contributed by atoms with E-state index in [1.54, 1.807) is 0 Å². The Morgan fingerprint density at radius 3 is 1.58 bits per heavy atom. The largest absolute Gasteiger partial charge is 0.303 e. The lowest BCUT2D eigenvalue weighted by atomic mass is 9.73. The van der Waals surface area contributed by atoms with Crippen molar-refractivity contribution < 1.29 is 4.79 Å². The zero-order valence-corrected chi connectivity index (χ0v) is 18.5. The smallest absolute Gasteiger partial charge is 0.122 e. The maximum absolute atomic E-state index is 9.50. The molecule has 0 bridgehead atoms. The van der Waals surface area contributed by atoms with Crippen LogP contribution >= 0.6 is 0 Å². The molecule has 2 aliphatic carbocycles. The molecule has 3 nitrogen and oxygen atoms in total. The highest BCUT2D eigenvalue weighted by Gasteiger charge is 2.36. The van der Waals surface area contributed by atoms with Crippen molar-refractivity contribution in [3.8, 4) is 0 Å². The molecule has 0 aromatic rings. The highest BCUT2D eigenvalue weighted by Crippen LogP contribution is 2.37. The molecule has 3 fully saturated rings. The van der Waals surface area contributed by atoms with Crippen molar-refractivity contribution in [3.63, 3.8) is 0 Å². The average Bonchev–Trinajstić information content (AvgIpc) is 2.63. The summed E-state index contributed by atoms with van der Waals surface area (Å²) >= 11 is 0. The molecule has 3 aliphatic rings. The van der Waals surface area contributed by atoms with E-state index in [9.17, 15) is 4.79 Å². The Bertz CT molecular complexity index is 349. The van der Waals surface area contributed by atoms with E-state index in [1.165, 1.54) is 71.1 Å². The predicted octanol–water partition coefficient (Wildman–Crippen LogP) is 5.24. The summed E-state index contributed by atoms with van der Waals surface area (Å²) in [4.78, 5) is 15.1. The van der Waals surface area contributed by atoms with Crippen LogP contribution in [-0.2, 0) is 4.79 Å². The van der Waals surface area contributed by atoms with Crippen molar-refractivity contribution in [3.05, 3.63) is 0 Å². The van der Waals surface area contributed by atoms with Gasteiger partial charge in [0.1, 0.15) is 6.29 Å².